The molecule has 5 nitrogen and oxygen atoms in total. The van der Waals surface area contributed by atoms with E-state index < -0.39 is 18.8 Å². The summed E-state index contributed by atoms with van der Waals surface area (Å²) in [6.45, 7) is 2.86. The molecule has 0 fully saturated rings. The lowest BCUT2D eigenvalue weighted by atomic mass is 9.89. The fourth-order valence-electron chi connectivity index (χ4n) is 1.87. The number of para-hydroxylation sites is 2. The first-order valence-electron chi connectivity index (χ1n) is 7.57. The number of benzene rings is 1. The monoisotopic (exact) mass is 348 g/mol. The van der Waals surface area contributed by atoms with Crippen molar-refractivity contribution in [3.05, 3.63) is 24.3 Å². The Labute approximate surface area is 139 Å². The van der Waals surface area contributed by atoms with Gasteiger partial charge >= 0.3 is 12.2 Å². The van der Waals surface area contributed by atoms with Crippen LogP contribution in [0, 0.1) is 5.41 Å². The molecule has 3 N–H and O–H groups in total. The van der Waals surface area contributed by atoms with Crippen LogP contribution in [-0.4, -0.2) is 37.1 Å². The average Bonchev–Trinajstić information content (AvgIpc) is 2.50. The van der Waals surface area contributed by atoms with Gasteiger partial charge in [-0.15, -0.1) is 0 Å². The standard InChI is InChI=1S/C16H23F3N2O3/c1-15(2,10-22)8-5-9-20-14(23)21-12-6-3-4-7-13(12)24-11-16(17,18)19/h3-4,6-7,22H,5,8-11H2,1-2H3,(H2,20,21,23). The number of aliphatic hydroxyl groups excluding tert-OH is 1. The predicted octanol–water partition coefficient (Wildman–Crippen LogP) is 3.55. The van der Waals surface area contributed by atoms with Crippen LogP contribution in [0.2, 0.25) is 0 Å². The fourth-order valence-corrected chi connectivity index (χ4v) is 1.87. The molecule has 1 rings (SSSR count). The molecular formula is C16H23F3N2O3. The minimum absolute atomic E-state index is 0.0496. The number of anilines is 1. The van der Waals surface area contributed by atoms with Gasteiger partial charge in [0.25, 0.3) is 0 Å². The number of amides is 2. The number of rotatable bonds is 8. The molecule has 0 saturated carbocycles. The summed E-state index contributed by atoms with van der Waals surface area (Å²) in [5, 5.41) is 14.2. The Morgan fingerprint density at radius 3 is 2.54 bits per heavy atom. The number of ether oxygens (including phenoxy) is 1. The Balaban J connectivity index is 2.47. The molecule has 0 aliphatic rings. The largest absolute Gasteiger partial charge is 0.482 e. The lowest BCUT2D eigenvalue weighted by Crippen LogP contribution is -2.30. The zero-order valence-electron chi connectivity index (χ0n) is 13.7. The van der Waals surface area contributed by atoms with Crippen LogP contribution in [0.4, 0.5) is 23.7 Å². The topological polar surface area (TPSA) is 70.6 Å². The van der Waals surface area contributed by atoms with Crippen molar-refractivity contribution >= 4 is 11.7 Å². The van der Waals surface area contributed by atoms with Gasteiger partial charge < -0.3 is 20.5 Å². The molecule has 136 valence electrons. The highest BCUT2D eigenvalue weighted by atomic mass is 19.4. The molecule has 24 heavy (non-hydrogen) atoms. The molecule has 0 unspecified atom stereocenters. The van der Waals surface area contributed by atoms with E-state index >= 15 is 0 Å². The zero-order valence-corrected chi connectivity index (χ0v) is 13.7. The van der Waals surface area contributed by atoms with E-state index in [9.17, 15) is 18.0 Å². The lowest BCUT2D eigenvalue weighted by molar-refractivity contribution is -0.153. The predicted molar refractivity (Wildman–Crippen MR) is 85.1 cm³/mol. The first-order chi connectivity index (χ1) is 11.1. The fraction of sp³-hybridized carbons (Fsp3) is 0.562. The third-order valence-electron chi connectivity index (χ3n) is 3.27. The molecule has 1 aromatic carbocycles. The molecule has 0 aromatic heterocycles. The van der Waals surface area contributed by atoms with E-state index in [2.05, 4.69) is 10.6 Å². The van der Waals surface area contributed by atoms with Gasteiger partial charge in [-0.25, -0.2) is 4.79 Å². The van der Waals surface area contributed by atoms with Crippen molar-refractivity contribution in [2.75, 3.05) is 25.1 Å². The summed E-state index contributed by atoms with van der Waals surface area (Å²) in [6, 6.07) is 5.39. The SMILES string of the molecule is CC(C)(CO)CCCNC(=O)Nc1ccccc1OCC(F)(F)F. The van der Waals surface area contributed by atoms with E-state index in [0.29, 0.717) is 13.0 Å². The van der Waals surface area contributed by atoms with E-state index in [-0.39, 0.29) is 23.5 Å². The van der Waals surface area contributed by atoms with Crippen molar-refractivity contribution in [3.8, 4) is 5.75 Å². The molecule has 0 radical (unpaired) electrons. The van der Waals surface area contributed by atoms with E-state index in [0.717, 1.165) is 6.42 Å². The van der Waals surface area contributed by atoms with Crippen LogP contribution in [-0.2, 0) is 0 Å². The van der Waals surface area contributed by atoms with Crippen LogP contribution in [0.25, 0.3) is 0 Å². The van der Waals surface area contributed by atoms with E-state index in [1.54, 1.807) is 6.07 Å². The zero-order chi connectivity index (χ0) is 18.2. The van der Waals surface area contributed by atoms with Crippen molar-refractivity contribution in [1.29, 1.82) is 0 Å². The molecule has 0 saturated heterocycles. The molecule has 0 aliphatic heterocycles. The van der Waals surface area contributed by atoms with E-state index in [1.807, 2.05) is 13.8 Å². The number of hydrogen-bond donors (Lipinski definition) is 3. The van der Waals surface area contributed by atoms with Crippen LogP contribution in [0.3, 0.4) is 0 Å². The maximum atomic E-state index is 12.2. The van der Waals surface area contributed by atoms with Crippen LogP contribution in [0.15, 0.2) is 24.3 Å². The highest BCUT2D eigenvalue weighted by Gasteiger charge is 2.28. The minimum atomic E-state index is -4.45. The molecule has 0 aliphatic carbocycles. The number of nitrogens with one attached hydrogen (secondary N) is 2. The van der Waals surface area contributed by atoms with Crippen molar-refractivity contribution in [1.82, 2.24) is 5.32 Å². The van der Waals surface area contributed by atoms with Crippen molar-refractivity contribution in [3.63, 3.8) is 0 Å². The van der Waals surface area contributed by atoms with Crippen LogP contribution in [0.5, 0.6) is 5.75 Å². The number of urea groups is 1. The molecule has 1 aromatic rings. The molecule has 0 heterocycles. The summed E-state index contributed by atoms with van der Waals surface area (Å²) in [4.78, 5) is 11.8. The number of alkyl halides is 3. The summed E-state index contributed by atoms with van der Waals surface area (Å²) >= 11 is 0. The van der Waals surface area contributed by atoms with Gasteiger partial charge in [-0.1, -0.05) is 26.0 Å². The van der Waals surface area contributed by atoms with Crippen molar-refractivity contribution < 1.29 is 27.8 Å². The Morgan fingerprint density at radius 2 is 1.92 bits per heavy atom. The van der Waals surface area contributed by atoms with Gasteiger partial charge in [-0.3, -0.25) is 0 Å². The van der Waals surface area contributed by atoms with E-state index in [1.165, 1.54) is 18.2 Å². The van der Waals surface area contributed by atoms with Gasteiger partial charge in [0.05, 0.1) is 5.69 Å². The Morgan fingerprint density at radius 1 is 1.25 bits per heavy atom. The third kappa shape index (κ3) is 8.05. The highest BCUT2D eigenvalue weighted by Crippen LogP contribution is 2.26. The lowest BCUT2D eigenvalue weighted by Gasteiger charge is -2.21. The van der Waals surface area contributed by atoms with Gasteiger partial charge in [0.1, 0.15) is 5.75 Å². The number of carbonyl (C=O) groups excluding carboxylic acids is 1. The molecule has 8 heteroatoms. The quantitative estimate of drug-likeness (QED) is 0.629. The summed E-state index contributed by atoms with van der Waals surface area (Å²) in [5.41, 5.74) is -0.0501. The maximum Gasteiger partial charge on any atom is 0.422 e. The molecular weight excluding hydrogens is 325 g/mol. The second-order valence-corrected chi connectivity index (χ2v) is 6.21. The Bertz CT molecular complexity index is 534. The second-order valence-electron chi connectivity index (χ2n) is 6.21. The first-order valence-corrected chi connectivity index (χ1v) is 7.57. The third-order valence-corrected chi connectivity index (χ3v) is 3.27. The highest BCUT2D eigenvalue weighted by molar-refractivity contribution is 5.90. The maximum absolute atomic E-state index is 12.2. The summed E-state index contributed by atoms with van der Waals surface area (Å²) in [5.74, 6) is -0.0496. The smallest absolute Gasteiger partial charge is 0.422 e. The second kappa shape index (κ2) is 8.77. The van der Waals surface area contributed by atoms with Gasteiger partial charge in [-0.2, -0.15) is 13.2 Å². The van der Waals surface area contributed by atoms with Crippen molar-refractivity contribution in [2.45, 2.75) is 32.9 Å². The van der Waals surface area contributed by atoms with Crippen LogP contribution >= 0.6 is 0 Å². The molecule has 0 spiro atoms. The van der Waals surface area contributed by atoms with E-state index in [4.69, 9.17) is 9.84 Å². The van der Waals surface area contributed by atoms with Gasteiger partial charge in [-0.05, 0) is 30.4 Å². The summed E-state index contributed by atoms with van der Waals surface area (Å²) < 4.78 is 41.4. The van der Waals surface area contributed by atoms with Gasteiger partial charge in [0.15, 0.2) is 6.61 Å². The van der Waals surface area contributed by atoms with Crippen molar-refractivity contribution in [2.24, 2.45) is 5.41 Å². The minimum Gasteiger partial charge on any atom is -0.482 e. The molecule has 0 bridgehead atoms. The number of carbonyl (C=O) groups is 1. The van der Waals surface area contributed by atoms with Gasteiger partial charge in [0.2, 0.25) is 0 Å². The van der Waals surface area contributed by atoms with Gasteiger partial charge in [0, 0.05) is 13.2 Å². The summed E-state index contributed by atoms with van der Waals surface area (Å²) in [6.07, 6.45) is -3.04. The normalized spacial score (nSPS) is 11.9. The number of aliphatic hydroxyl groups is 1. The first kappa shape index (κ1) is 20.1. The van der Waals surface area contributed by atoms with Crippen LogP contribution in [0.1, 0.15) is 26.7 Å². The summed E-state index contributed by atoms with van der Waals surface area (Å²) in [7, 11) is 0. The number of halogens is 3. The Hall–Kier alpha value is -1.96. The average molecular weight is 348 g/mol. The Kier molecular flexibility index (Phi) is 7.34. The number of hydrogen-bond acceptors (Lipinski definition) is 3. The molecule has 0 atom stereocenters. The molecule has 2 amide bonds. The van der Waals surface area contributed by atoms with Crippen LogP contribution < -0.4 is 15.4 Å².